The predicted molar refractivity (Wildman–Crippen MR) is 123 cm³/mol. The highest BCUT2D eigenvalue weighted by Crippen LogP contribution is 2.19. The molecular weight excluding hydrogens is 440 g/mol. The maximum Gasteiger partial charge on any atom is 0.270 e. The van der Waals surface area contributed by atoms with Crippen molar-refractivity contribution in [2.24, 2.45) is 5.10 Å². The van der Waals surface area contributed by atoms with Crippen LogP contribution in [-0.2, 0) is 6.61 Å². The Labute approximate surface area is 193 Å². The number of hydrazone groups is 1. The number of ether oxygens (including phenoxy) is 1. The highest BCUT2D eigenvalue weighted by Gasteiger charge is 2.12. The van der Waals surface area contributed by atoms with Crippen molar-refractivity contribution in [1.82, 2.24) is 9.97 Å². The molecule has 0 fully saturated rings. The second-order valence-corrected chi connectivity index (χ2v) is 7.12. The monoisotopic (exact) mass is 457 g/mol. The maximum absolute atomic E-state index is 13.3. The van der Waals surface area contributed by atoms with Crippen LogP contribution in [0.25, 0.3) is 11.3 Å². The van der Waals surface area contributed by atoms with E-state index in [-0.39, 0.29) is 23.8 Å². The fourth-order valence-corrected chi connectivity index (χ4v) is 3.11. The third-order valence-electron chi connectivity index (χ3n) is 4.67. The Hall–Kier alpha value is -4.84. The molecule has 0 radical (unpaired) electrons. The first-order valence-corrected chi connectivity index (χ1v) is 10.1. The summed E-state index contributed by atoms with van der Waals surface area (Å²) in [5, 5.41) is 13.4. The zero-order valence-electron chi connectivity index (χ0n) is 17.6. The number of aromatic nitrogens is 2. The molecule has 0 saturated carbocycles. The van der Waals surface area contributed by atoms with E-state index >= 15 is 0 Å². The molecule has 2 N–H and O–H groups in total. The van der Waals surface area contributed by atoms with E-state index < -0.39 is 17.2 Å². The number of nitrogens with one attached hydrogen (secondary N) is 2. The number of hydrogen-bond acceptors (Lipinski definition) is 6. The van der Waals surface area contributed by atoms with Gasteiger partial charge in [-0.2, -0.15) is 10.4 Å². The number of halogens is 2. The number of hydrogen-bond donors (Lipinski definition) is 2. The lowest BCUT2D eigenvalue weighted by molar-refractivity contribution is 0.305. The second-order valence-electron chi connectivity index (χ2n) is 7.12. The molecule has 0 aliphatic rings. The zero-order valence-corrected chi connectivity index (χ0v) is 17.6. The average Bonchev–Trinajstić information content (AvgIpc) is 2.83. The summed E-state index contributed by atoms with van der Waals surface area (Å²) in [7, 11) is 0. The number of benzene rings is 3. The fourth-order valence-electron chi connectivity index (χ4n) is 3.11. The van der Waals surface area contributed by atoms with Crippen molar-refractivity contribution in [3.8, 4) is 23.1 Å². The summed E-state index contributed by atoms with van der Waals surface area (Å²) in [4.78, 5) is 19.1. The molecule has 0 spiro atoms. The van der Waals surface area contributed by atoms with Gasteiger partial charge in [-0.05, 0) is 47.5 Å². The predicted octanol–water partition coefficient (Wildman–Crippen LogP) is 4.61. The van der Waals surface area contributed by atoms with Gasteiger partial charge in [-0.3, -0.25) is 9.78 Å². The van der Waals surface area contributed by atoms with Gasteiger partial charge >= 0.3 is 0 Å². The van der Waals surface area contributed by atoms with Crippen molar-refractivity contribution < 1.29 is 13.5 Å². The van der Waals surface area contributed by atoms with E-state index in [1.165, 1.54) is 18.3 Å². The summed E-state index contributed by atoms with van der Waals surface area (Å²) in [6, 6.07) is 20.8. The maximum atomic E-state index is 13.3. The fraction of sp³-hybridized carbons (Fsp3) is 0.0400. The molecule has 0 aliphatic carbocycles. The zero-order chi connectivity index (χ0) is 23.9. The van der Waals surface area contributed by atoms with Gasteiger partial charge in [-0.25, -0.2) is 19.2 Å². The van der Waals surface area contributed by atoms with E-state index in [9.17, 15) is 18.8 Å². The standard InChI is InChI=1S/C25H17F2N5O2/c26-19-10-17(11-20(27)12-19)15-34-21-8-6-16(7-9-21)14-29-32-25-30-23(18-4-2-1-3-5-18)22(13-28)24(33)31-25/h1-12,14H,15H2,(H2,30,31,32,33). The molecule has 3 aromatic carbocycles. The van der Waals surface area contributed by atoms with Crippen LogP contribution >= 0.6 is 0 Å². The molecule has 0 saturated heterocycles. The highest BCUT2D eigenvalue weighted by atomic mass is 19.1. The average molecular weight is 457 g/mol. The van der Waals surface area contributed by atoms with Crippen LogP contribution in [0.4, 0.5) is 14.7 Å². The molecule has 4 rings (SSSR count). The molecule has 0 unspecified atom stereocenters. The van der Waals surface area contributed by atoms with Crippen LogP contribution in [0.5, 0.6) is 5.75 Å². The Morgan fingerprint density at radius 3 is 2.44 bits per heavy atom. The minimum absolute atomic E-state index is 0.0190. The molecule has 0 aliphatic heterocycles. The van der Waals surface area contributed by atoms with Crippen LogP contribution in [0.1, 0.15) is 16.7 Å². The SMILES string of the molecule is N#Cc1c(-c2ccccc2)nc(NN=Cc2ccc(OCc3cc(F)cc(F)c3)cc2)[nH]c1=O. The lowest BCUT2D eigenvalue weighted by atomic mass is 10.1. The summed E-state index contributed by atoms with van der Waals surface area (Å²) in [5.74, 6) is -0.722. The molecule has 34 heavy (non-hydrogen) atoms. The van der Waals surface area contributed by atoms with Crippen molar-refractivity contribution in [3.05, 3.63) is 111 Å². The molecule has 0 amide bonds. The number of anilines is 1. The Morgan fingerprint density at radius 2 is 1.76 bits per heavy atom. The molecular formula is C25H17F2N5O2. The number of nitriles is 1. The molecule has 168 valence electrons. The third-order valence-corrected chi connectivity index (χ3v) is 4.67. The minimum atomic E-state index is -0.661. The van der Waals surface area contributed by atoms with Crippen molar-refractivity contribution >= 4 is 12.2 Å². The van der Waals surface area contributed by atoms with Crippen LogP contribution in [0.2, 0.25) is 0 Å². The number of rotatable bonds is 7. The Kier molecular flexibility index (Phi) is 6.70. The summed E-state index contributed by atoms with van der Waals surface area (Å²) in [6.45, 7) is 0.0190. The molecule has 9 heteroatoms. The highest BCUT2D eigenvalue weighted by molar-refractivity contribution is 5.80. The smallest absolute Gasteiger partial charge is 0.270 e. The van der Waals surface area contributed by atoms with Crippen molar-refractivity contribution in [1.29, 1.82) is 5.26 Å². The van der Waals surface area contributed by atoms with Gasteiger partial charge in [0.15, 0.2) is 0 Å². The first kappa shape index (κ1) is 22.4. The molecule has 1 aromatic heterocycles. The Morgan fingerprint density at radius 1 is 1.06 bits per heavy atom. The molecule has 4 aromatic rings. The van der Waals surface area contributed by atoms with Crippen LogP contribution in [0.3, 0.4) is 0 Å². The lowest BCUT2D eigenvalue weighted by Crippen LogP contribution is -2.16. The van der Waals surface area contributed by atoms with Gasteiger partial charge < -0.3 is 4.74 Å². The molecule has 1 heterocycles. The first-order chi connectivity index (χ1) is 16.5. The second kappa shape index (κ2) is 10.2. The van der Waals surface area contributed by atoms with Crippen LogP contribution < -0.4 is 15.7 Å². The van der Waals surface area contributed by atoms with Crippen LogP contribution in [-0.4, -0.2) is 16.2 Å². The topological polar surface area (TPSA) is 103 Å². The van der Waals surface area contributed by atoms with Gasteiger partial charge in [-0.15, -0.1) is 0 Å². The Balaban J connectivity index is 1.42. The van der Waals surface area contributed by atoms with Crippen molar-refractivity contribution in [3.63, 3.8) is 0 Å². The Bertz CT molecular complexity index is 1410. The lowest BCUT2D eigenvalue weighted by Gasteiger charge is -2.07. The quantitative estimate of drug-likeness (QED) is 0.312. The molecule has 0 atom stereocenters. The number of H-pyrrole nitrogens is 1. The van der Waals surface area contributed by atoms with Gasteiger partial charge in [-0.1, -0.05) is 30.3 Å². The van der Waals surface area contributed by atoms with Crippen molar-refractivity contribution in [2.75, 3.05) is 5.43 Å². The minimum Gasteiger partial charge on any atom is -0.489 e. The van der Waals surface area contributed by atoms with E-state index in [4.69, 9.17) is 4.74 Å². The van der Waals surface area contributed by atoms with E-state index in [0.29, 0.717) is 16.9 Å². The van der Waals surface area contributed by atoms with E-state index in [2.05, 4.69) is 20.5 Å². The number of nitrogens with zero attached hydrogens (tertiary/aromatic N) is 3. The summed E-state index contributed by atoms with van der Waals surface area (Å²) < 4.78 is 32.1. The van der Waals surface area contributed by atoms with Gasteiger partial charge in [0.2, 0.25) is 5.95 Å². The van der Waals surface area contributed by atoms with Gasteiger partial charge in [0.25, 0.3) is 5.56 Å². The van der Waals surface area contributed by atoms with Gasteiger partial charge in [0, 0.05) is 11.6 Å². The van der Waals surface area contributed by atoms with Gasteiger partial charge in [0.05, 0.1) is 11.9 Å². The molecule has 7 nitrogen and oxygen atoms in total. The van der Waals surface area contributed by atoms with Gasteiger partial charge in [0.1, 0.15) is 35.6 Å². The normalized spacial score (nSPS) is 10.7. The summed E-state index contributed by atoms with van der Waals surface area (Å²) >= 11 is 0. The van der Waals surface area contributed by atoms with Crippen LogP contribution in [0.15, 0.2) is 82.7 Å². The number of aromatic amines is 1. The largest absolute Gasteiger partial charge is 0.489 e. The van der Waals surface area contributed by atoms with Crippen LogP contribution in [0, 0.1) is 23.0 Å². The first-order valence-electron chi connectivity index (χ1n) is 10.1. The third kappa shape index (κ3) is 5.49. The van der Waals surface area contributed by atoms with Crippen molar-refractivity contribution in [2.45, 2.75) is 6.61 Å². The van der Waals surface area contributed by atoms with E-state index in [0.717, 1.165) is 11.6 Å². The summed E-state index contributed by atoms with van der Waals surface area (Å²) in [5.41, 5.74) is 3.98. The molecule has 0 bridgehead atoms. The van der Waals surface area contributed by atoms with E-state index in [1.54, 1.807) is 48.5 Å². The van der Waals surface area contributed by atoms with E-state index in [1.807, 2.05) is 12.1 Å². The summed E-state index contributed by atoms with van der Waals surface area (Å²) in [6.07, 6.45) is 1.51.